The highest BCUT2D eigenvalue weighted by atomic mass is 32.2. The molecule has 100 valence electrons. The van der Waals surface area contributed by atoms with Gasteiger partial charge in [-0.1, -0.05) is 0 Å². The van der Waals surface area contributed by atoms with E-state index in [4.69, 9.17) is 0 Å². The summed E-state index contributed by atoms with van der Waals surface area (Å²) in [4.78, 5) is 21.9. The number of pyridine rings is 1. The molecule has 1 aliphatic rings. The zero-order valence-electron chi connectivity index (χ0n) is 10.5. The molecular formula is C12H14N4O2S. The topological polar surface area (TPSA) is 71.2 Å². The van der Waals surface area contributed by atoms with Gasteiger partial charge in [-0.3, -0.25) is 0 Å². The van der Waals surface area contributed by atoms with E-state index in [-0.39, 0.29) is 0 Å². The van der Waals surface area contributed by atoms with E-state index in [9.17, 15) is 9.90 Å². The third-order valence-electron chi connectivity index (χ3n) is 3.31. The van der Waals surface area contributed by atoms with Gasteiger partial charge in [0.25, 0.3) is 0 Å². The first kappa shape index (κ1) is 12.3. The fourth-order valence-electron chi connectivity index (χ4n) is 2.32. The van der Waals surface area contributed by atoms with Gasteiger partial charge in [0.2, 0.25) is 0 Å². The van der Waals surface area contributed by atoms with Gasteiger partial charge in [-0.05, 0) is 6.07 Å². The Kier molecular flexibility index (Phi) is 3.06. The highest BCUT2D eigenvalue weighted by Crippen LogP contribution is 2.28. The lowest BCUT2D eigenvalue weighted by molar-refractivity contribution is -0.138. The lowest BCUT2D eigenvalue weighted by Gasteiger charge is -2.33. The van der Waals surface area contributed by atoms with Crippen molar-refractivity contribution in [3.8, 4) is 0 Å². The Hall–Kier alpha value is -1.76. The van der Waals surface area contributed by atoms with E-state index in [0.717, 1.165) is 16.8 Å². The second-order valence-corrected chi connectivity index (χ2v) is 5.63. The number of hydrogen-bond donors (Lipinski definition) is 1. The number of carbonyl (C=O) groups is 1. The lowest BCUT2D eigenvalue weighted by Crippen LogP contribution is -2.47. The summed E-state index contributed by atoms with van der Waals surface area (Å²) in [5, 5.41) is 9.34. The van der Waals surface area contributed by atoms with Crippen molar-refractivity contribution in [2.75, 3.05) is 23.0 Å². The van der Waals surface area contributed by atoms with E-state index in [0.29, 0.717) is 18.1 Å². The Balaban J connectivity index is 2.09. The molecule has 2 aromatic rings. The van der Waals surface area contributed by atoms with Gasteiger partial charge in [0.15, 0.2) is 5.82 Å². The van der Waals surface area contributed by atoms with Crippen LogP contribution in [0.4, 0.5) is 5.82 Å². The molecule has 0 radical (unpaired) electrons. The smallest absolute Gasteiger partial charge is 0.327 e. The van der Waals surface area contributed by atoms with Gasteiger partial charge in [0.05, 0.1) is 11.8 Å². The number of thioether (sulfide) groups is 1. The maximum Gasteiger partial charge on any atom is 0.327 e. The molecule has 0 saturated carbocycles. The first-order valence-electron chi connectivity index (χ1n) is 6.01. The van der Waals surface area contributed by atoms with Gasteiger partial charge >= 0.3 is 5.97 Å². The molecule has 19 heavy (non-hydrogen) atoms. The minimum Gasteiger partial charge on any atom is -0.480 e. The third kappa shape index (κ3) is 2.03. The van der Waals surface area contributed by atoms with Gasteiger partial charge in [-0.2, -0.15) is 11.8 Å². The quantitative estimate of drug-likeness (QED) is 0.883. The SMILES string of the molecule is Cn1cnc2c(N3CCSCC3C(=O)O)nccc21. The van der Waals surface area contributed by atoms with Crippen LogP contribution < -0.4 is 4.90 Å². The van der Waals surface area contributed by atoms with E-state index in [2.05, 4.69) is 9.97 Å². The summed E-state index contributed by atoms with van der Waals surface area (Å²) in [5.74, 6) is 1.36. The standard InChI is InChI=1S/C12H14N4O2S/c1-15-7-14-10-8(15)2-3-13-11(10)16-4-5-19-6-9(16)12(17)18/h2-3,7,9H,4-6H2,1H3,(H,17,18). The monoisotopic (exact) mass is 278 g/mol. The number of hydrogen-bond acceptors (Lipinski definition) is 5. The fourth-order valence-corrected chi connectivity index (χ4v) is 3.36. The number of anilines is 1. The Morgan fingerprint density at radius 3 is 3.16 bits per heavy atom. The number of aliphatic carboxylic acids is 1. The molecule has 3 heterocycles. The lowest BCUT2D eigenvalue weighted by atomic mass is 10.2. The van der Waals surface area contributed by atoms with Gasteiger partial charge < -0.3 is 14.6 Å². The number of nitrogens with zero attached hydrogens (tertiary/aromatic N) is 4. The van der Waals surface area contributed by atoms with Crippen molar-refractivity contribution in [2.45, 2.75) is 6.04 Å². The number of aryl methyl sites for hydroxylation is 1. The molecule has 7 heteroatoms. The number of rotatable bonds is 2. The second kappa shape index (κ2) is 4.73. The van der Waals surface area contributed by atoms with Crippen LogP contribution in [-0.2, 0) is 11.8 Å². The van der Waals surface area contributed by atoms with Crippen molar-refractivity contribution in [1.29, 1.82) is 0 Å². The molecule has 2 aromatic heterocycles. The first-order chi connectivity index (χ1) is 9.18. The van der Waals surface area contributed by atoms with Crippen molar-refractivity contribution in [3.63, 3.8) is 0 Å². The Bertz CT molecular complexity index is 627. The van der Waals surface area contributed by atoms with Crippen molar-refractivity contribution < 1.29 is 9.90 Å². The summed E-state index contributed by atoms with van der Waals surface area (Å²) in [6, 6.07) is 1.36. The molecule has 0 spiro atoms. The van der Waals surface area contributed by atoms with E-state index in [1.54, 1.807) is 24.3 Å². The van der Waals surface area contributed by atoms with Crippen LogP contribution in [0, 0.1) is 0 Å². The van der Waals surface area contributed by atoms with Crippen LogP contribution in [0.3, 0.4) is 0 Å². The maximum atomic E-state index is 11.4. The molecule has 1 N–H and O–H groups in total. The van der Waals surface area contributed by atoms with Gasteiger partial charge in [-0.25, -0.2) is 14.8 Å². The van der Waals surface area contributed by atoms with Crippen LogP contribution in [-0.4, -0.2) is 49.7 Å². The van der Waals surface area contributed by atoms with Crippen molar-refractivity contribution in [2.24, 2.45) is 7.05 Å². The minimum atomic E-state index is -0.804. The molecule has 1 unspecified atom stereocenters. The van der Waals surface area contributed by atoms with Crippen LogP contribution in [0.25, 0.3) is 11.0 Å². The molecule has 0 aliphatic carbocycles. The zero-order valence-corrected chi connectivity index (χ0v) is 11.3. The molecule has 1 saturated heterocycles. The fraction of sp³-hybridized carbons (Fsp3) is 0.417. The van der Waals surface area contributed by atoms with E-state index >= 15 is 0 Å². The molecule has 1 aliphatic heterocycles. The van der Waals surface area contributed by atoms with E-state index in [1.165, 1.54) is 0 Å². The van der Waals surface area contributed by atoms with E-state index < -0.39 is 12.0 Å². The number of fused-ring (bicyclic) bond motifs is 1. The molecule has 1 atom stereocenters. The Morgan fingerprint density at radius 2 is 2.37 bits per heavy atom. The summed E-state index contributed by atoms with van der Waals surface area (Å²) >= 11 is 1.66. The first-order valence-corrected chi connectivity index (χ1v) is 7.17. The van der Waals surface area contributed by atoms with Gasteiger partial charge in [-0.15, -0.1) is 0 Å². The van der Waals surface area contributed by atoms with Crippen molar-refractivity contribution >= 4 is 34.6 Å². The average Bonchev–Trinajstić information content (AvgIpc) is 2.81. The van der Waals surface area contributed by atoms with Crippen LogP contribution in [0.2, 0.25) is 0 Å². The summed E-state index contributed by atoms with van der Waals surface area (Å²) < 4.78 is 1.91. The number of carboxylic acids is 1. The summed E-state index contributed by atoms with van der Waals surface area (Å²) in [6.07, 6.45) is 3.43. The number of carboxylic acid groups (broad SMARTS) is 1. The highest BCUT2D eigenvalue weighted by Gasteiger charge is 2.31. The molecule has 6 nitrogen and oxygen atoms in total. The number of imidazole rings is 1. The Labute approximate surface area is 114 Å². The molecular weight excluding hydrogens is 264 g/mol. The van der Waals surface area contributed by atoms with Crippen LogP contribution in [0.1, 0.15) is 0 Å². The molecule has 3 rings (SSSR count). The molecule has 0 aromatic carbocycles. The minimum absolute atomic E-state index is 0.529. The highest BCUT2D eigenvalue weighted by molar-refractivity contribution is 7.99. The normalized spacial score (nSPS) is 19.8. The van der Waals surface area contributed by atoms with Gasteiger partial charge in [0, 0.05) is 31.3 Å². The predicted octanol–water partition coefficient (Wildman–Crippen LogP) is 0.975. The largest absolute Gasteiger partial charge is 0.480 e. The van der Waals surface area contributed by atoms with Crippen LogP contribution in [0.5, 0.6) is 0 Å². The number of aromatic nitrogens is 3. The average molecular weight is 278 g/mol. The van der Waals surface area contributed by atoms with Crippen LogP contribution in [0.15, 0.2) is 18.6 Å². The Morgan fingerprint density at radius 1 is 1.53 bits per heavy atom. The van der Waals surface area contributed by atoms with E-state index in [1.807, 2.05) is 22.6 Å². The van der Waals surface area contributed by atoms with Crippen LogP contribution >= 0.6 is 11.8 Å². The zero-order chi connectivity index (χ0) is 13.4. The predicted molar refractivity (Wildman–Crippen MR) is 74.6 cm³/mol. The molecule has 0 bridgehead atoms. The van der Waals surface area contributed by atoms with Gasteiger partial charge in [0.1, 0.15) is 11.6 Å². The molecule has 1 fully saturated rings. The van der Waals surface area contributed by atoms with Crippen molar-refractivity contribution in [3.05, 3.63) is 18.6 Å². The third-order valence-corrected chi connectivity index (χ3v) is 4.33. The summed E-state index contributed by atoms with van der Waals surface area (Å²) in [6.45, 7) is 0.685. The van der Waals surface area contributed by atoms with Crippen molar-refractivity contribution in [1.82, 2.24) is 14.5 Å². The summed E-state index contributed by atoms with van der Waals surface area (Å²) in [5.41, 5.74) is 1.73. The maximum absolute atomic E-state index is 11.4. The second-order valence-electron chi connectivity index (χ2n) is 4.48. The summed E-state index contributed by atoms with van der Waals surface area (Å²) in [7, 11) is 1.92. The molecule has 0 amide bonds.